The van der Waals surface area contributed by atoms with Crippen LogP contribution in [0, 0.1) is 6.92 Å². The molecular weight excluding hydrogens is 200 g/mol. The number of benzene rings is 1. The van der Waals surface area contributed by atoms with Crippen LogP contribution in [0.25, 0.3) is 27.4 Å². The maximum Gasteiger partial charge on any atom is 0.0462 e. The molecule has 16 heavy (non-hydrogen) atoms. The summed E-state index contributed by atoms with van der Waals surface area (Å²) in [5, 5.41) is 4.66. The minimum Gasteiger partial charge on any atom is -0.358 e. The zero-order valence-electron chi connectivity index (χ0n) is 9.01. The molecule has 1 heterocycles. The van der Waals surface area contributed by atoms with Crippen LogP contribution < -0.4 is 0 Å². The van der Waals surface area contributed by atoms with E-state index in [-0.39, 0.29) is 0 Å². The standard InChI is InChI=1S/C12H12N4/c1-9-10(6-4-8-14-16-13)11-5-2-3-7-12(11)15-9/h2-7,15H,8H2,1H3. The third-order valence-corrected chi connectivity index (χ3v) is 2.48. The van der Waals surface area contributed by atoms with E-state index in [1.165, 1.54) is 5.39 Å². The highest BCUT2D eigenvalue weighted by molar-refractivity contribution is 5.90. The van der Waals surface area contributed by atoms with Crippen LogP contribution in [-0.2, 0) is 0 Å². The minimum absolute atomic E-state index is 0.384. The zero-order valence-corrected chi connectivity index (χ0v) is 9.01. The fraction of sp³-hybridized carbons (Fsp3) is 0.167. The van der Waals surface area contributed by atoms with Gasteiger partial charge in [0.15, 0.2) is 0 Å². The third-order valence-electron chi connectivity index (χ3n) is 2.48. The molecule has 2 aromatic rings. The Morgan fingerprint density at radius 2 is 2.25 bits per heavy atom. The first-order chi connectivity index (χ1) is 7.83. The van der Waals surface area contributed by atoms with Crippen LogP contribution in [0.4, 0.5) is 0 Å². The maximum absolute atomic E-state index is 8.17. The van der Waals surface area contributed by atoms with Crippen molar-refractivity contribution in [1.82, 2.24) is 4.98 Å². The number of aromatic amines is 1. The molecule has 0 bridgehead atoms. The summed E-state index contributed by atoms with van der Waals surface area (Å²) in [7, 11) is 0. The van der Waals surface area contributed by atoms with E-state index >= 15 is 0 Å². The van der Waals surface area contributed by atoms with E-state index in [0.29, 0.717) is 6.54 Å². The lowest BCUT2D eigenvalue weighted by molar-refractivity contribution is 1.22. The highest BCUT2D eigenvalue weighted by Gasteiger charge is 2.03. The number of azide groups is 1. The second kappa shape index (κ2) is 4.55. The number of hydrogen-bond donors (Lipinski definition) is 1. The first kappa shape index (κ1) is 10.3. The van der Waals surface area contributed by atoms with Crippen molar-refractivity contribution in [3.05, 3.63) is 52.0 Å². The van der Waals surface area contributed by atoms with Gasteiger partial charge in [-0.15, -0.1) is 0 Å². The number of para-hydroxylation sites is 1. The van der Waals surface area contributed by atoms with Gasteiger partial charge in [-0.3, -0.25) is 0 Å². The lowest BCUT2D eigenvalue weighted by atomic mass is 10.1. The number of H-pyrrole nitrogens is 1. The fourth-order valence-corrected chi connectivity index (χ4v) is 1.77. The number of aromatic nitrogens is 1. The molecule has 1 N–H and O–H groups in total. The Balaban J connectivity index is 2.39. The molecule has 4 heteroatoms. The van der Waals surface area contributed by atoms with Crippen molar-refractivity contribution in [2.45, 2.75) is 6.92 Å². The zero-order chi connectivity index (χ0) is 11.4. The van der Waals surface area contributed by atoms with E-state index in [4.69, 9.17) is 5.53 Å². The van der Waals surface area contributed by atoms with Crippen LogP contribution in [-0.4, -0.2) is 11.5 Å². The molecular formula is C12H12N4. The highest BCUT2D eigenvalue weighted by Crippen LogP contribution is 2.22. The lowest BCUT2D eigenvalue weighted by Crippen LogP contribution is -1.75. The van der Waals surface area contributed by atoms with Crippen molar-refractivity contribution in [1.29, 1.82) is 0 Å². The van der Waals surface area contributed by atoms with Gasteiger partial charge in [0.1, 0.15) is 0 Å². The van der Waals surface area contributed by atoms with Gasteiger partial charge >= 0.3 is 0 Å². The number of aryl methyl sites for hydroxylation is 1. The number of rotatable bonds is 3. The summed E-state index contributed by atoms with van der Waals surface area (Å²) in [6.07, 6.45) is 3.85. The molecule has 0 saturated heterocycles. The summed E-state index contributed by atoms with van der Waals surface area (Å²) in [6.45, 7) is 2.42. The van der Waals surface area contributed by atoms with E-state index in [1.54, 1.807) is 0 Å². The second-order valence-electron chi connectivity index (χ2n) is 3.53. The predicted octanol–water partition coefficient (Wildman–Crippen LogP) is 3.80. The van der Waals surface area contributed by atoms with Crippen LogP contribution in [0.2, 0.25) is 0 Å². The van der Waals surface area contributed by atoms with Crippen LogP contribution in [0.15, 0.2) is 35.5 Å². The molecule has 1 aromatic carbocycles. The van der Waals surface area contributed by atoms with Gasteiger partial charge in [-0.25, -0.2) is 0 Å². The Hall–Kier alpha value is -2.19. The normalized spacial score (nSPS) is 10.8. The molecule has 0 fully saturated rings. The predicted molar refractivity (Wildman–Crippen MR) is 66.1 cm³/mol. The Labute approximate surface area is 93.2 Å². The summed E-state index contributed by atoms with van der Waals surface area (Å²) < 4.78 is 0. The number of fused-ring (bicyclic) bond motifs is 1. The molecule has 0 aliphatic rings. The van der Waals surface area contributed by atoms with Crippen molar-refractivity contribution in [3.8, 4) is 0 Å². The van der Waals surface area contributed by atoms with Gasteiger partial charge in [0.25, 0.3) is 0 Å². The molecule has 0 atom stereocenters. The van der Waals surface area contributed by atoms with Gasteiger partial charge in [0.05, 0.1) is 0 Å². The first-order valence-electron chi connectivity index (χ1n) is 5.07. The molecule has 4 nitrogen and oxygen atoms in total. The average Bonchev–Trinajstić information content (AvgIpc) is 2.61. The first-order valence-corrected chi connectivity index (χ1v) is 5.07. The molecule has 1 aromatic heterocycles. The molecule has 0 saturated carbocycles. The van der Waals surface area contributed by atoms with Crippen LogP contribution >= 0.6 is 0 Å². The number of nitrogens with zero attached hydrogens (tertiary/aromatic N) is 3. The van der Waals surface area contributed by atoms with Crippen molar-refractivity contribution >= 4 is 17.0 Å². The van der Waals surface area contributed by atoms with Crippen molar-refractivity contribution < 1.29 is 0 Å². The molecule has 80 valence electrons. The highest BCUT2D eigenvalue weighted by atomic mass is 15.1. The Morgan fingerprint density at radius 3 is 3.06 bits per heavy atom. The van der Waals surface area contributed by atoms with Crippen molar-refractivity contribution in [3.63, 3.8) is 0 Å². The minimum atomic E-state index is 0.384. The number of hydrogen-bond acceptors (Lipinski definition) is 1. The van der Waals surface area contributed by atoms with E-state index in [9.17, 15) is 0 Å². The van der Waals surface area contributed by atoms with Crippen LogP contribution in [0.3, 0.4) is 0 Å². The van der Waals surface area contributed by atoms with Crippen LogP contribution in [0.5, 0.6) is 0 Å². The van der Waals surface area contributed by atoms with Crippen molar-refractivity contribution in [2.75, 3.05) is 6.54 Å². The Kier molecular flexibility index (Phi) is 2.94. The van der Waals surface area contributed by atoms with Crippen LogP contribution in [0.1, 0.15) is 11.3 Å². The largest absolute Gasteiger partial charge is 0.358 e. The molecule has 0 aliphatic carbocycles. The van der Waals surface area contributed by atoms with Gasteiger partial charge in [0, 0.05) is 33.6 Å². The molecule has 2 rings (SSSR count). The maximum atomic E-state index is 8.17. The van der Waals surface area contributed by atoms with Gasteiger partial charge in [-0.05, 0) is 18.5 Å². The van der Waals surface area contributed by atoms with E-state index in [0.717, 1.165) is 16.8 Å². The summed E-state index contributed by atoms with van der Waals surface area (Å²) in [5.74, 6) is 0. The summed E-state index contributed by atoms with van der Waals surface area (Å²) in [6, 6.07) is 8.14. The lowest BCUT2D eigenvalue weighted by Gasteiger charge is -1.92. The monoisotopic (exact) mass is 212 g/mol. The molecule has 0 radical (unpaired) electrons. The van der Waals surface area contributed by atoms with E-state index < -0.39 is 0 Å². The van der Waals surface area contributed by atoms with Gasteiger partial charge in [-0.1, -0.05) is 35.5 Å². The molecule has 0 spiro atoms. The van der Waals surface area contributed by atoms with Crippen molar-refractivity contribution in [2.24, 2.45) is 5.11 Å². The second-order valence-corrected chi connectivity index (χ2v) is 3.53. The number of nitrogens with one attached hydrogen (secondary N) is 1. The smallest absolute Gasteiger partial charge is 0.0462 e. The SMILES string of the molecule is Cc1[nH]c2ccccc2c1C=CCN=[N+]=[N-]. The quantitative estimate of drug-likeness (QED) is 0.457. The van der Waals surface area contributed by atoms with E-state index in [2.05, 4.69) is 21.1 Å². The Morgan fingerprint density at radius 1 is 1.44 bits per heavy atom. The fourth-order valence-electron chi connectivity index (χ4n) is 1.77. The molecule has 0 amide bonds. The Bertz CT molecular complexity index is 574. The third kappa shape index (κ3) is 1.92. The summed E-state index contributed by atoms with van der Waals surface area (Å²) in [4.78, 5) is 6.02. The average molecular weight is 212 g/mol. The summed E-state index contributed by atoms with van der Waals surface area (Å²) >= 11 is 0. The molecule has 0 unspecified atom stereocenters. The molecule has 0 aliphatic heterocycles. The summed E-state index contributed by atoms with van der Waals surface area (Å²) in [5.41, 5.74) is 11.6. The van der Waals surface area contributed by atoms with Gasteiger partial charge < -0.3 is 4.98 Å². The topological polar surface area (TPSA) is 64.5 Å². The van der Waals surface area contributed by atoms with E-state index in [1.807, 2.05) is 37.3 Å². The van der Waals surface area contributed by atoms with Gasteiger partial charge in [-0.2, -0.15) is 0 Å². The van der Waals surface area contributed by atoms with Gasteiger partial charge in [0.2, 0.25) is 0 Å².